The molecule has 1 aliphatic heterocycles. The van der Waals surface area contributed by atoms with Crippen LogP contribution in [0.5, 0.6) is 0 Å². The molecule has 0 radical (unpaired) electrons. The monoisotopic (exact) mass is 217 g/mol. The minimum absolute atomic E-state index is 0.290. The summed E-state index contributed by atoms with van der Waals surface area (Å²) in [7, 11) is -2.96. The Balaban J connectivity index is 2.57. The van der Waals surface area contributed by atoms with E-state index in [0.717, 1.165) is 12.8 Å². The van der Waals surface area contributed by atoms with Gasteiger partial charge in [0.05, 0.1) is 5.75 Å². The molecule has 1 fully saturated rings. The molecule has 82 valence electrons. The lowest BCUT2D eigenvalue weighted by Crippen LogP contribution is -2.37. The first kappa shape index (κ1) is 11.7. The summed E-state index contributed by atoms with van der Waals surface area (Å²) in [6.07, 6.45) is 4.61. The molecular formula is C10H19NO2S. The SMILES string of the molecule is CC=C1CCN(S(=O)(=O)CCC)CC1. The number of hydrogen-bond acceptors (Lipinski definition) is 2. The molecule has 1 rings (SSSR count). The highest BCUT2D eigenvalue weighted by Crippen LogP contribution is 2.18. The maximum Gasteiger partial charge on any atom is 0.214 e. The number of allylic oxidation sites excluding steroid dienone is 1. The molecule has 0 N–H and O–H groups in total. The molecule has 0 atom stereocenters. The molecular weight excluding hydrogens is 198 g/mol. The third-order valence-corrected chi connectivity index (χ3v) is 4.70. The van der Waals surface area contributed by atoms with E-state index < -0.39 is 10.0 Å². The Hall–Kier alpha value is -0.350. The van der Waals surface area contributed by atoms with Crippen LogP contribution in [0.25, 0.3) is 0 Å². The van der Waals surface area contributed by atoms with Crippen molar-refractivity contribution in [2.24, 2.45) is 0 Å². The first-order valence-electron chi connectivity index (χ1n) is 5.22. The second-order valence-corrected chi connectivity index (χ2v) is 5.75. The highest BCUT2D eigenvalue weighted by atomic mass is 32.2. The first-order valence-corrected chi connectivity index (χ1v) is 6.83. The van der Waals surface area contributed by atoms with Gasteiger partial charge in [-0.3, -0.25) is 0 Å². The van der Waals surface area contributed by atoms with E-state index in [1.54, 1.807) is 4.31 Å². The molecule has 0 unspecified atom stereocenters. The molecule has 0 bridgehead atoms. The smallest absolute Gasteiger partial charge is 0.212 e. The van der Waals surface area contributed by atoms with Crippen LogP contribution in [-0.2, 0) is 10.0 Å². The lowest BCUT2D eigenvalue weighted by molar-refractivity contribution is 0.386. The maximum atomic E-state index is 11.7. The van der Waals surface area contributed by atoms with Gasteiger partial charge in [0.2, 0.25) is 10.0 Å². The van der Waals surface area contributed by atoms with Crippen molar-refractivity contribution < 1.29 is 8.42 Å². The van der Waals surface area contributed by atoms with Gasteiger partial charge in [0.15, 0.2) is 0 Å². The summed E-state index contributed by atoms with van der Waals surface area (Å²) >= 11 is 0. The van der Waals surface area contributed by atoms with E-state index >= 15 is 0 Å². The molecule has 0 amide bonds. The number of piperidine rings is 1. The fraction of sp³-hybridized carbons (Fsp3) is 0.800. The molecule has 3 nitrogen and oxygen atoms in total. The molecule has 1 aliphatic rings. The summed E-state index contributed by atoms with van der Waals surface area (Å²) < 4.78 is 25.0. The summed E-state index contributed by atoms with van der Waals surface area (Å²) in [4.78, 5) is 0. The van der Waals surface area contributed by atoms with Gasteiger partial charge in [0.25, 0.3) is 0 Å². The van der Waals surface area contributed by atoms with Crippen LogP contribution in [0.3, 0.4) is 0 Å². The quantitative estimate of drug-likeness (QED) is 0.676. The Morgan fingerprint density at radius 3 is 2.36 bits per heavy atom. The molecule has 0 aromatic carbocycles. The van der Waals surface area contributed by atoms with Gasteiger partial charge in [-0.1, -0.05) is 18.6 Å². The van der Waals surface area contributed by atoms with Crippen molar-refractivity contribution in [3.8, 4) is 0 Å². The van der Waals surface area contributed by atoms with Gasteiger partial charge >= 0.3 is 0 Å². The third kappa shape index (κ3) is 2.82. The minimum Gasteiger partial charge on any atom is -0.212 e. The van der Waals surface area contributed by atoms with Gasteiger partial charge < -0.3 is 0 Å². The fourth-order valence-corrected chi connectivity index (χ4v) is 3.24. The first-order chi connectivity index (χ1) is 6.60. The van der Waals surface area contributed by atoms with Crippen LogP contribution in [-0.4, -0.2) is 31.6 Å². The van der Waals surface area contributed by atoms with Crippen molar-refractivity contribution in [1.29, 1.82) is 0 Å². The van der Waals surface area contributed by atoms with Gasteiger partial charge in [0, 0.05) is 13.1 Å². The molecule has 1 heterocycles. The Bertz CT molecular complexity index is 296. The van der Waals surface area contributed by atoms with Crippen LogP contribution >= 0.6 is 0 Å². The van der Waals surface area contributed by atoms with E-state index in [9.17, 15) is 8.42 Å². The van der Waals surface area contributed by atoms with Crippen molar-refractivity contribution in [2.45, 2.75) is 33.1 Å². The summed E-state index contributed by atoms with van der Waals surface area (Å²) in [5.74, 6) is 0.290. The summed E-state index contributed by atoms with van der Waals surface area (Å²) in [6.45, 7) is 5.26. The van der Waals surface area contributed by atoms with Gasteiger partial charge in [-0.05, 0) is 26.2 Å². The van der Waals surface area contributed by atoms with Crippen LogP contribution in [0.15, 0.2) is 11.6 Å². The van der Waals surface area contributed by atoms with Gasteiger partial charge in [-0.15, -0.1) is 0 Å². The molecule has 0 spiro atoms. The molecule has 0 aromatic rings. The molecule has 4 heteroatoms. The van der Waals surface area contributed by atoms with Crippen LogP contribution in [0.1, 0.15) is 33.1 Å². The van der Waals surface area contributed by atoms with Crippen molar-refractivity contribution in [3.05, 3.63) is 11.6 Å². The number of rotatable bonds is 3. The number of hydrogen-bond donors (Lipinski definition) is 0. The Morgan fingerprint density at radius 2 is 1.93 bits per heavy atom. The van der Waals surface area contributed by atoms with E-state index in [0.29, 0.717) is 19.5 Å². The van der Waals surface area contributed by atoms with Crippen molar-refractivity contribution in [1.82, 2.24) is 4.31 Å². The third-order valence-electron chi connectivity index (χ3n) is 2.63. The van der Waals surface area contributed by atoms with Gasteiger partial charge in [-0.2, -0.15) is 0 Å². The summed E-state index contributed by atoms with van der Waals surface area (Å²) in [6, 6.07) is 0. The van der Waals surface area contributed by atoms with E-state index in [4.69, 9.17) is 0 Å². The predicted octanol–water partition coefficient (Wildman–Crippen LogP) is 1.77. The molecule has 0 saturated carbocycles. The standard InChI is InChI=1S/C10H19NO2S/c1-3-9-14(12,13)11-7-5-10(4-2)6-8-11/h4H,3,5-9H2,1-2H3. The van der Waals surface area contributed by atoms with E-state index in [1.807, 2.05) is 13.8 Å². The Labute approximate surface area is 86.8 Å². The topological polar surface area (TPSA) is 37.4 Å². The van der Waals surface area contributed by atoms with Gasteiger partial charge in [0.1, 0.15) is 0 Å². The molecule has 0 aliphatic carbocycles. The largest absolute Gasteiger partial charge is 0.214 e. The van der Waals surface area contributed by atoms with Crippen LogP contribution < -0.4 is 0 Å². The fourth-order valence-electron chi connectivity index (χ4n) is 1.73. The lowest BCUT2D eigenvalue weighted by atomic mass is 10.1. The molecule has 1 saturated heterocycles. The predicted molar refractivity (Wildman–Crippen MR) is 58.6 cm³/mol. The normalized spacial score (nSPS) is 19.7. The number of sulfonamides is 1. The molecule has 14 heavy (non-hydrogen) atoms. The minimum atomic E-state index is -2.96. The van der Waals surface area contributed by atoms with Crippen LogP contribution in [0, 0.1) is 0 Å². The highest BCUT2D eigenvalue weighted by Gasteiger charge is 2.23. The summed E-state index contributed by atoms with van der Waals surface area (Å²) in [5, 5.41) is 0. The average molecular weight is 217 g/mol. The Morgan fingerprint density at radius 1 is 1.36 bits per heavy atom. The van der Waals surface area contributed by atoms with Crippen molar-refractivity contribution in [2.75, 3.05) is 18.8 Å². The zero-order valence-electron chi connectivity index (χ0n) is 8.99. The lowest BCUT2D eigenvalue weighted by Gasteiger charge is -2.27. The van der Waals surface area contributed by atoms with E-state index in [2.05, 4.69) is 6.08 Å². The maximum absolute atomic E-state index is 11.7. The van der Waals surface area contributed by atoms with Crippen molar-refractivity contribution in [3.63, 3.8) is 0 Å². The van der Waals surface area contributed by atoms with Crippen LogP contribution in [0.4, 0.5) is 0 Å². The van der Waals surface area contributed by atoms with Crippen molar-refractivity contribution >= 4 is 10.0 Å². The van der Waals surface area contributed by atoms with E-state index in [1.165, 1.54) is 5.57 Å². The average Bonchev–Trinajstić information content (AvgIpc) is 2.18. The second kappa shape index (κ2) is 4.94. The Kier molecular flexibility index (Phi) is 4.13. The zero-order valence-corrected chi connectivity index (χ0v) is 9.81. The zero-order chi connectivity index (χ0) is 10.6. The number of nitrogens with zero attached hydrogens (tertiary/aromatic N) is 1. The molecule has 0 aromatic heterocycles. The second-order valence-electron chi connectivity index (χ2n) is 3.66. The van der Waals surface area contributed by atoms with E-state index in [-0.39, 0.29) is 5.75 Å². The van der Waals surface area contributed by atoms with Crippen LogP contribution in [0.2, 0.25) is 0 Å². The summed E-state index contributed by atoms with van der Waals surface area (Å²) in [5.41, 5.74) is 1.38. The highest BCUT2D eigenvalue weighted by molar-refractivity contribution is 7.89. The van der Waals surface area contributed by atoms with Gasteiger partial charge in [-0.25, -0.2) is 12.7 Å².